The highest BCUT2D eigenvalue weighted by molar-refractivity contribution is 7.19. The van der Waals surface area contributed by atoms with Crippen molar-refractivity contribution in [3.8, 4) is 0 Å². The molecular formula is C13H21N3O3S. The molecule has 1 amide bonds. The summed E-state index contributed by atoms with van der Waals surface area (Å²) in [5.74, 6) is -0.739. The summed E-state index contributed by atoms with van der Waals surface area (Å²) in [7, 11) is 3.28. The Balaban J connectivity index is 3.31. The Kier molecular flexibility index (Phi) is 5.38. The van der Waals surface area contributed by atoms with E-state index in [0.29, 0.717) is 9.88 Å². The molecule has 1 aromatic rings. The molecule has 0 atom stereocenters. The summed E-state index contributed by atoms with van der Waals surface area (Å²) in [5.41, 5.74) is 6.39. The van der Waals surface area contributed by atoms with Crippen molar-refractivity contribution >= 4 is 33.9 Å². The molecule has 0 unspecified atom stereocenters. The molecule has 20 heavy (non-hydrogen) atoms. The van der Waals surface area contributed by atoms with E-state index in [1.807, 2.05) is 13.8 Å². The average Bonchev–Trinajstić information content (AvgIpc) is 2.64. The van der Waals surface area contributed by atoms with E-state index in [1.54, 1.807) is 21.0 Å². The largest absolute Gasteiger partial charge is 0.462 e. The molecule has 0 aliphatic rings. The van der Waals surface area contributed by atoms with Crippen LogP contribution in [-0.4, -0.2) is 43.5 Å². The number of ether oxygens (including phenoxy) is 1. The minimum Gasteiger partial charge on any atom is -0.462 e. The van der Waals surface area contributed by atoms with Gasteiger partial charge in [-0.05, 0) is 20.8 Å². The van der Waals surface area contributed by atoms with Crippen molar-refractivity contribution in [1.29, 1.82) is 0 Å². The number of hydrogen-bond acceptors (Lipinski definition) is 6. The van der Waals surface area contributed by atoms with Crippen molar-refractivity contribution in [1.82, 2.24) is 4.90 Å². The normalized spacial score (nSPS) is 10.5. The van der Waals surface area contributed by atoms with Gasteiger partial charge in [0.15, 0.2) is 0 Å². The Hall–Kier alpha value is -1.76. The third-order valence-electron chi connectivity index (χ3n) is 2.44. The second kappa shape index (κ2) is 6.60. The number of nitrogens with two attached hydrogens (primary N) is 1. The number of anilines is 2. The van der Waals surface area contributed by atoms with Gasteiger partial charge in [0.2, 0.25) is 0 Å². The molecule has 1 aromatic heterocycles. The number of nitrogen functional groups attached to an aromatic ring is 1. The third-order valence-corrected chi connectivity index (χ3v) is 3.57. The first kappa shape index (κ1) is 16.3. The molecule has 0 radical (unpaired) electrons. The Morgan fingerprint density at radius 2 is 2.00 bits per heavy atom. The van der Waals surface area contributed by atoms with Crippen LogP contribution in [0.3, 0.4) is 0 Å². The Labute approximate surface area is 122 Å². The molecule has 0 bridgehead atoms. The Morgan fingerprint density at radius 1 is 1.40 bits per heavy atom. The number of carbonyl (C=O) groups excluding carboxylic acids is 2. The van der Waals surface area contributed by atoms with Crippen LogP contribution in [0.1, 0.15) is 40.8 Å². The lowest BCUT2D eigenvalue weighted by atomic mass is 10.2. The topological polar surface area (TPSA) is 84.7 Å². The van der Waals surface area contributed by atoms with E-state index >= 15 is 0 Å². The lowest BCUT2D eigenvalue weighted by Gasteiger charge is -2.10. The van der Waals surface area contributed by atoms with Gasteiger partial charge in [0.25, 0.3) is 5.91 Å². The fourth-order valence-corrected chi connectivity index (χ4v) is 2.85. The molecule has 0 aromatic carbocycles. The lowest BCUT2D eigenvalue weighted by molar-refractivity contribution is 0.0529. The number of carbonyl (C=O) groups is 2. The minimum atomic E-state index is -0.512. The molecular weight excluding hydrogens is 278 g/mol. The summed E-state index contributed by atoms with van der Waals surface area (Å²) in [6, 6.07) is 0.114. The number of hydrogen-bond donors (Lipinski definition) is 2. The SMILES string of the molecule is CCOC(=O)c1c(NC(C)C)sc(C(=O)N(C)C)c1N. The first-order valence-corrected chi connectivity index (χ1v) is 7.18. The van der Waals surface area contributed by atoms with Crippen molar-refractivity contribution < 1.29 is 14.3 Å². The number of thiophene rings is 1. The van der Waals surface area contributed by atoms with Gasteiger partial charge < -0.3 is 20.7 Å². The van der Waals surface area contributed by atoms with Crippen molar-refractivity contribution in [2.75, 3.05) is 31.8 Å². The molecule has 1 rings (SSSR count). The van der Waals surface area contributed by atoms with Crippen LogP contribution in [0.15, 0.2) is 0 Å². The van der Waals surface area contributed by atoms with E-state index in [0.717, 1.165) is 0 Å². The van der Waals surface area contributed by atoms with Crippen LogP contribution in [0.2, 0.25) is 0 Å². The first-order chi connectivity index (χ1) is 9.29. The number of rotatable bonds is 5. The van der Waals surface area contributed by atoms with Gasteiger partial charge in [0.1, 0.15) is 15.4 Å². The fourth-order valence-electron chi connectivity index (χ4n) is 1.58. The van der Waals surface area contributed by atoms with Crippen LogP contribution in [-0.2, 0) is 4.74 Å². The molecule has 0 fully saturated rings. The average molecular weight is 299 g/mol. The summed E-state index contributed by atoms with van der Waals surface area (Å²) in [5, 5.41) is 3.71. The molecule has 3 N–H and O–H groups in total. The van der Waals surface area contributed by atoms with E-state index in [1.165, 1.54) is 16.2 Å². The minimum absolute atomic E-state index is 0.114. The maximum absolute atomic E-state index is 12.1. The summed E-state index contributed by atoms with van der Waals surface area (Å²) in [6.07, 6.45) is 0. The third kappa shape index (κ3) is 3.41. The molecule has 0 saturated heterocycles. The van der Waals surface area contributed by atoms with Gasteiger partial charge in [-0.3, -0.25) is 4.79 Å². The standard InChI is InChI=1S/C13H21N3O3S/c1-6-19-13(18)8-9(14)10(12(17)16(4)5)20-11(8)15-7(2)3/h7,15H,6,14H2,1-5H3. The van der Waals surface area contributed by atoms with Crippen LogP contribution in [0.4, 0.5) is 10.7 Å². The van der Waals surface area contributed by atoms with Crippen molar-refractivity contribution in [3.63, 3.8) is 0 Å². The molecule has 7 heteroatoms. The van der Waals surface area contributed by atoms with Crippen molar-refractivity contribution in [3.05, 3.63) is 10.4 Å². The lowest BCUT2D eigenvalue weighted by Crippen LogP contribution is -2.21. The van der Waals surface area contributed by atoms with Gasteiger partial charge in [-0.2, -0.15) is 0 Å². The highest BCUT2D eigenvalue weighted by Crippen LogP contribution is 2.37. The highest BCUT2D eigenvalue weighted by atomic mass is 32.1. The van der Waals surface area contributed by atoms with Gasteiger partial charge in [0, 0.05) is 20.1 Å². The zero-order valence-corrected chi connectivity index (χ0v) is 13.3. The van der Waals surface area contributed by atoms with E-state index < -0.39 is 5.97 Å². The quantitative estimate of drug-likeness (QED) is 0.813. The predicted octanol–water partition coefficient (Wildman–Crippen LogP) is 2.03. The number of esters is 1. The maximum atomic E-state index is 12.1. The zero-order valence-electron chi connectivity index (χ0n) is 12.4. The molecule has 0 spiro atoms. The van der Waals surface area contributed by atoms with Gasteiger partial charge in [-0.25, -0.2) is 4.79 Å². The number of nitrogens with one attached hydrogen (secondary N) is 1. The molecule has 0 saturated carbocycles. The second-order valence-electron chi connectivity index (χ2n) is 4.77. The van der Waals surface area contributed by atoms with Crippen molar-refractivity contribution in [2.45, 2.75) is 26.8 Å². The zero-order chi connectivity index (χ0) is 15.4. The van der Waals surface area contributed by atoms with Gasteiger partial charge in [0.05, 0.1) is 12.3 Å². The van der Waals surface area contributed by atoms with Crippen LogP contribution in [0, 0.1) is 0 Å². The van der Waals surface area contributed by atoms with E-state index in [4.69, 9.17) is 10.5 Å². The molecule has 6 nitrogen and oxygen atoms in total. The summed E-state index contributed by atoms with van der Waals surface area (Å²) >= 11 is 1.18. The van der Waals surface area contributed by atoms with E-state index in [-0.39, 0.29) is 29.8 Å². The summed E-state index contributed by atoms with van der Waals surface area (Å²) < 4.78 is 5.01. The predicted molar refractivity (Wildman–Crippen MR) is 81.5 cm³/mol. The maximum Gasteiger partial charge on any atom is 0.343 e. The van der Waals surface area contributed by atoms with Crippen LogP contribution < -0.4 is 11.1 Å². The summed E-state index contributed by atoms with van der Waals surface area (Å²) in [6.45, 7) is 5.87. The molecule has 0 aliphatic heterocycles. The van der Waals surface area contributed by atoms with Crippen LogP contribution in [0.25, 0.3) is 0 Å². The van der Waals surface area contributed by atoms with Crippen molar-refractivity contribution in [2.24, 2.45) is 0 Å². The number of nitrogens with zero attached hydrogens (tertiary/aromatic N) is 1. The molecule has 0 aliphatic carbocycles. The van der Waals surface area contributed by atoms with Crippen LogP contribution >= 0.6 is 11.3 Å². The Morgan fingerprint density at radius 3 is 2.45 bits per heavy atom. The second-order valence-corrected chi connectivity index (χ2v) is 5.79. The van der Waals surface area contributed by atoms with E-state index in [2.05, 4.69) is 5.32 Å². The van der Waals surface area contributed by atoms with Crippen LogP contribution in [0.5, 0.6) is 0 Å². The van der Waals surface area contributed by atoms with E-state index in [9.17, 15) is 9.59 Å². The fraction of sp³-hybridized carbons (Fsp3) is 0.538. The van der Waals surface area contributed by atoms with Gasteiger partial charge >= 0.3 is 5.97 Å². The first-order valence-electron chi connectivity index (χ1n) is 6.37. The highest BCUT2D eigenvalue weighted by Gasteiger charge is 2.27. The van der Waals surface area contributed by atoms with Gasteiger partial charge in [-0.1, -0.05) is 0 Å². The van der Waals surface area contributed by atoms with Gasteiger partial charge in [-0.15, -0.1) is 11.3 Å². The molecule has 112 valence electrons. The monoisotopic (exact) mass is 299 g/mol. The number of amides is 1. The smallest absolute Gasteiger partial charge is 0.343 e. The molecule has 1 heterocycles. The summed E-state index contributed by atoms with van der Waals surface area (Å²) in [4.78, 5) is 25.9. The Bertz CT molecular complexity index is 509.